The molecule has 1 aliphatic rings. The summed E-state index contributed by atoms with van der Waals surface area (Å²) in [5, 5.41) is 10.7. The molecule has 0 bridgehead atoms. The van der Waals surface area contributed by atoms with Crippen molar-refractivity contribution >= 4 is 17.8 Å². The number of halogens is 1. The zero-order valence-corrected chi connectivity index (χ0v) is 20.9. The van der Waals surface area contributed by atoms with E-state index in [0.717, 1.165) is 31.2 Å². The molecule has 190 valence electrons. The molecule has 0 spiro atoms. The van der Waals surface area contributed by atoms with Crippen LogP contribution in [0.1, 0.15) is 46.0 Å². The van der Waals surface area contributed by atoms with Crippen molar-refractivity contribution in [2.75, 3.05) is 18.4 Å². The maximum absolute atomic E-state index is 13.5. The van der Waals surface area contributed by atoms with Gasteiger partial charge in [0.15, 0.2) is 0 Å². The maximum atomic E-state index is 13.5. The van der Waals surface area contributed by atoms with Gasteiger partial charge in [-0.2, -0.15) is 5.10 Å². The summed E-state index contributed by atoms with van der Waals surface area (Å²) in [4.78, 5) is 27.8. The number of benzene rings is 2. The Balaban J connectivity index is 1.53. The summed E-state index contributed by atoms with van der Waals surface area (Å²) in [7, 11) is 0. The third kappa shape index (κ3) is 6.71. The first kappa shape index (κ1) is 25.4. The zero-order chi connectivity index (χ0) is 25.5. The predicted octanol–water partition coefficient (Wildman–Crippen LogP) is 5.62. The van der Waals surface area contributed by atoms with Gasteiger partial charge in [0.2, 0.25) is 5.91 Å². The lowest BCUT2D eigenvalue weighted by molar-refractivity contribution is -0.116. The SMILES string of the molecule is CC(C)CN(CC(=O)Nc1cc(-c2ccccc2)nn1-c1ccc(F)cc1)C(=O)NC1CCCCC1. The normalized spacial score (nSPS) is 14.0. The quantitative estimate of drug-likeness (QED) is 0.429. The first-order valence-electron chi connectivity index (χ1n) is 12.7. The van der Waals surface area contributed by atoms with E-state index in [4.69, 9.17) is 0 Å². The molecule has 36 heavy (non-hydrogen) atoms. The van der Waals surface area contributed by atoms with E-state index in [1.807, 2.05) is 44.2 Å². The van der Waals surface area contributed by atoms with E-state index in [9.17, 15) is 14.0 Å². The highest BCUT2D eigenvalue weighted by atomic mass is 19.1. The molecule has 0 atom stereocenters. The van der Waals surface area contributed by atoms with Gasteiger partial charge >= 0.3 is 6.03 Å². The Labute approximate surface area is 211 Å². The molecule has 2 N–H and O–H groups in total. The molecule has 1 saturated carbocycles. The Bertz CT molecular complexity index is 1150. The van der Waals surface area contributed by atoms with Gasteiger partial charge in [-0.1, -0.05) is 63.4 Å². The van der Waals surface area contributed by atoms with Gasteiger partial charge in [0.1, 0.15) is 18.2 Å². The van der Waals surface area contributed by atoms with Crippen molar-refractivity contribution in [1.29, 1.82) is 0 Å². The summed E-state index contributed by atoms with van der Waals surface area (Å²) in [6.07, 6.45) is 5.40. The number of nitrogens with zero attached hydrogens (tertiary/aromatic N) is 3. The Morgan fingerprint density at radius 2 is 1.75 bits per heavy atom. The smallest absolute Gasteiger partial charge is 0.318 e. The molecule has 0 saturated heterocycles. The molecule has 1 fully saturated rings. The van der Waals surface area contributed by atoms with Crippen LogP contribution < -0.4 is 10.6 Å². The number of carbonyl (C=O) groups excluding carboxylic acids is 2. The van der Waals surface area contributed by atoms with E-state index in [-0.39, 0.29) is 36.3 Å². The summed E-state index contributed by atoms with van der Waals surface area (Å²) < 4.78 is 15.1. The average Bonchev–Trinajstić information content (AvgIpc) is 3.28. The van der Waals surface area contributed by atoms with Crippen LogP contribution in [0.2, 0.25) is 0 Å². The molecule has 1 heterocycles. The number of nitrogens with one attached hydrogen (secondary N) is 2. The highest BCUT2D eigenvalue weighted by Gasteiger charge is 2.23. The van der Waals surface area contributed by atoms with Crippen LogP contribution in [0.15, 0.2) is 60.7 Å². The first-order valence-corrected chi connectivity index (χ1v) is 12.7. The van der Waals surface area contributed by atoms with Gasteiger partial charge in [-0.05, 0) is 43.0 Å². The fourth-order valence-corrected chi connectivity index (χ4v) is 4.53. The summed E-state index contributed by atoms with van der Waals surface area (Å²) in [6, 6.07) is 17.3. The Morgan fingerprint density at radius 3 is 2.42 bits per heavy atom. The van der Waals surface area contributed by atoms with Crippen LogP contribution in [0.25, 0.3) is 16.9 Å². The zero-order valence-electron chi connectivity index (χ0n) is 20.9. The number of carbonyl (C=O) groups is 2. The molecule has 8 heteroatoms. The molecular weight excluding hydrogens is 457 g/mol. The molecule has 2 aromatic carbocycles. The molecule has 7 nitrogen and oxygen atoms in total. The molecular formula is C28H34FN5O2. The fourth-order valence-electron chi connectivity index (χ4n) is 4.53. The number of rotatable bonds is 8. The van der Waals surface area contributed by atoms with Crippen LogP contribution in [0.5, 0.6) is 0 Å². The summed E-state index contributed by atoms with van der Waals surface area (Å²) in [5.41, 5.74) is 2.18. The van der Waals surface area contributed by atoms with Crippen LogP contribution in [-0.4, -0.2) is 45.8 Å². The standard InChI is InChI=1S/C28H34FN5O2/c1-20(2)18-33(28(36)30-23-11-7-4-8-12-23)19-27(35)31-26-17-25(21-9-5-3-6-10-21)32-34(26)24-15-13-22(29)14-16-24/h3,5-6,9-10,13-17,20,23H,4,7-8,11-12,18-19H2,1-2H3,(H,30,36)(H,31,35). The van der Waals surface area contributed by atoms with Crippen molar-refractivity contribution in [3.8, 4) is 16.9 Å². The topological polar surface area (TPSA) is 79.3 Å². The van der Waals surface area contributed by atoms with Crippen molar-refractivity contribution in [1.82, 2.24) is 20.0 Å². The number of hydrogen-bond donors (Lipinski definition) is 2. The fraction of sp³-hybridized carbons (Fsp3) is 0.393. The molecule has 3 amide bonds. The molecule has 0 radical (unpaired) electrons. The van der Waals surface area contributed by atoms with E-state index in [1.165, 1.54) is 18.6 Å². The second-order valence-corrected chi connectivity index (χ2v) is 9.78. The van der Waals surface area contributed by atoms with Crippen molar-refractivity contribution in [3.63, 3.8) is 0 Å². The second kappa shape index (κ2) is 11.8. The largest absolute Gasteiger partial charge is 0.335 e. The minimum Gasteiger partial charge on any atom is -0.335 e. The Morgan fingerprint density at radius 1 is 1.06 bits per heavy atom. The lowest BCUT2D eigenvalue weighted by atomic mass is 9.96. The molecule has 0 aliphatic heterocycles. The highest BCUT2D eigenvalue weighted by Crippen LogP contribution is 2.25. The number of hydrogen-bond acceptors (Lipinski definition) is 3. The number of urea groups is 1. The van der Waals surface area contributed by atoms with E-state index >= 15 is 0 Å². The van der Waals surface area contributed by atoms with Crippen LogP contribution in [-0.2, 0) is 4.79 Å². The highest BCUT2D eigenvalue weighted by molar-refractivity contribution is 5.94. The van der Waals surface area contributed by atoms with Crippen molar-refractivity contribution in [2.24, 2.45) is 5.92 Å². The molecule has 1 aromatic heterocycles. The van der Waals surface area contributed by atoms with E-state index in [0.29, 0.717) is 23.7 Å². The summed E-state index contributed by atoms with van der Waals surface area (Å²) >= 11 is 0. The van der Waals surface area contributed by atoms with Crippen LogP contribution in [0.3, 0.4) is 0 Å². The van der Waals surface area contributed by atoms with E-state index < -0.39 is 0 Å². The van der Waals surface area contributed by atoms with Crippen molar-refractivity contribution in [2.45, 2.75) is 52.0 Å². The second-order valence-electron chi connectivity index (χ2n) is 9.78. The number of anilines is 1. The first-order chi connectivity index (χ1) is 17.4. The minimum absolute atomic E-state index is 0.0774. The van der Waals surface area contributed by atoms with Gasteiger partial charge in [-0.25, -0.2) is 13.9 Å². The number of amides is 3. The van der Waals surface area contributed by atoms with Gasteiger partial charge < -0.3 is 15.5 Å². The lowest BCUT2D eigenvalue weighted by Gasteiger charge is -2.29. The molecule has 0 unspecified atom stereocenters. The van der Waals surface area contributed by atoms with Gasteiger partial charge in [-0.3, -0.25) is 4.79 Å². The molecule has 1 aliphatic carbocycles. The Kier molecular flexibility index (Phi) is 8.36. The maximum Gasteiger partial charge on any atom is 0.318 e. The predicted molar refractivity (Wildman–Crippen MR) is 139 cm³/mol. The minimum atomic E-state index is -0.354. The van der Waals surface area contributed by atoms with E-state index in [1.54, 1.807) is 27.8 Å². The van der Waals surface area contributed by atoms with Crippen LogP contribution in [0.4, 0.5) is 15.0 Å². The van der Waals surface area contributed by atoms with Gasteiger partial charge in [-0.15, -0.1) is 0 Å². The van der Waals surface area contributed by atoms with Crippen LogP contribution in [0, 0.1) is 11.7 Å². The molecule has 4 rings (SSSR count). The summed E-state index contributed by atoms with van der Waals surface area (Å²) in [6.45, 7) is 4.44. The van der Waals surface area contributed by atoms with Crippen molar-refractivity contribution < 1.29 is 14.0 Å². The van der Waals surface area contributed by atoms with Gasteiger partial charge in [0, 0.05) is 24.2 Å². The third-order valence-corrected chi connectivity index (χ3v) is 6.26. The van der Waals surface area contributed by atoms with Crippen molar-refractivity contribution in [3.05, 3.63) is 66.5 Å². The summed E-state index contributed by atoms with van der Waals surface area (Å²) in [5.74, 6) is -0.0163. The van der Waals surface area contributed by atoms with Crippen LogP contribution >= 0.6 is 0 Å². The Hall–Kier alpha value is -3.68. The van der Waals surface area contributed by atoms with E-state index in [2.05, 4.69) is 15.7 Å². The lowest BCUT2D eigenvalue weighted by Crippen LogP contribution is -2.49. The monoisotopic (exact) mass is 491 g/mol. The molecule has 3 aromatic rings. The van der Waals surface area contributed by atoms with Gasteiger partial charge in [0.05, 0.1) is 11.4 Å². The van der Waals surface area contributed by atoms with Gasteiger partial charge in [0.25, 0.3) is 0 Å². The average molecular weight is 492 g/mol. The number of aromatic nitrogens is 2. The third-order valence-electron chi connectivity index (χ3n) is 6.26.